The van der Waals surface area contributed by atoms with Crippen molar-refractivity contribution in [1.29, 1.82) is 0 Å². The largest absolute Gasteiger partial charge is 0.423 e. The van der Waals surface area contributed by atoms with Gasteiger partial charge < -0.3 is 4.42 Å². The highest BCUT2D eigenvalue weighted by atomic mass is 16.4. The number of hydrogen-bond acceptors (Lipinski definition) is 2. The normalized spacial score (nSPS) is 20.3. The van der Waals surface area contributed by atoms with Gasteiger partial charge in [-0.05, 0) is 40.9 Å². The van der Waals surface area contributed by atoms with Gasteiger partial charge in [-0.1, -0.05) is 52.0 Å². The van der Waals surface area contributed by atoms with Gasteiger partial charge in [-0.3, -0.25) is 0 Å². The summed E-state index contributed by atoms with van der Waals surface area (Å²) in [7, 11) is 0. The van der Waals surface area contributed by atoms with Crippen LogP contribution in [0.1, 0.15) is 46.1 Å². The van der Waals surface area contributed by atoms with Gasteiger partial charge in [0.15, 0.2) is 0 Å². The number of hydrogen-bond donors (Lipinski definition) is 0. The predicted molar refractivity (Wildman–Crippen MR) is 87.3 cm³/mol. The van der Waals surface area contributed by atoms with E-state index in [1.165, 1.54) is 5.57 Å². The number of fused-ring (bicyclic) bond motifs is 1. The van der Waals surface area contributed by atoms with Gasteiger partial charge in [-0.15, -0.1) is 0 Å². The molecule has 0 saturated heterocycles. The summed E-state index contributed by atoms with van der Waals surface area (Å²) in [5.74, 6) is 0. The van der Waals surface area contributed by atoms with Gasteiger partial charge in [-0.2, -0.15) is 0 Å². The Bertz CT molecular complexity index is 775. The molecule has 2 nitrogen and oxygen atoms in total. The van der Waals surface area contributed by atoms with Crippen molar-refractivity contribution >= 4 is 16.5 Å². The molecule has 0 fully saturated rings. The zero-order chi connectivity index (χ0) is 15.3. The molecule has 3 rings (SSSR count). The van der Waals surface area contributed by atoms with Crippen LogP contribution in [0.15, 0.2) is 45.6 Å². The van der Waals surface area contributed by atoms with Gasteiger partial charge in [0, 0.05) is 11.5 Å². The molecule has 0 unspecified atom stereocenters. The lowest BCUT2D eigenvalue weighted by atomic mass is 9.65. The minimum Gasteiger partial charge on any atom is -0.423 e. The third-order valence-corrected chi connectivity index (χ3v) is 4.16. The fourth-order valence-electron chi connectivity index (χ4n) is 3.94. The lowest BCUT2D eigenvalue weighted by Gasteiger charge is -2.39. The summed E-state index contributed by atoms with van der Waals surface area (Å²) in [6, 6.07) is 9.43. The lowest BCUT2D eigenvalue weighted by Crippen LogP contribution is -2.27. The first-order valence-corrected chi connectivity index (χ1v) is 7.51. The second-order valence-electron chi connectivity index (χ2n) is 7.65. The fourth-order valence-corrected chi connectivity index (χ4v) is 3.94. The number of rotatable bonds is 1. The fraction of sp³-hybridized carbons (Fsp3) is 0.421. The van der Waals surface area contributed by atoms with Crippen molar-refractivity contribution < 1.29 is 4.42 Å². The monoisotopic (exact) mass is 282 g/mol. The van der Waals surface area contributed by atoms with Gasteiger partial charge >= 0.3 is 5.63 Å². The van der Waals surface area contributed by atoms with E-state index in [1.54, 1.807) is 6.07 Å². The molecule has 0 spiro atoms. The molecule has 1 heterocycles. The molecular weight excluding hydrogens is 260 g/mol. The lowest BCUT2D eigenvalue weighted by molar-refractivity contribution is 0.229. The van der Waals surface area contributed by atoms with E-state index >= 15 is 0 Å². The van der Waals surface area contributed by atoms with Crippen LogP contribution >= 0.6 is 0 Å². The van der Waals surface area contributed by atoms with Crippen LogP contribution in [0.25, 0.3) is 16.5 Å². The molecule has 0 N–H and O–H groups in total. The van der Waals surface area contributed by atoms with Gasteiger partial charge in [0.2, 0.25) is 0 Å². The van der Waals surface area contributed by atoms with E-state index in [1.807, 2.05) is 24.3 Å². The minimum absolute atomic E-state index is 0.147. The minimum atomic E-state index is -0.272. The van der Waals surface area contributed by atoms with Crippen LogP contribution in [0.2, 0.25) is 0 Å². The molecule has 1 aliphatic rings. The molecule has 1 aromatic carbocycles. The van der Waals surface area contributed by atoms with Crippen LogP contribution in [-0.4, -0.2) is 0 Å². The van der Waals surface area contributed by atoms with E-state index in [4.69, 9.17) is 4.42 Å². The van der Waals surface area contributed by atoms with Crippen molar-refractivity contribution in [2.45, 2.75) is 40.5 Å². The first kappa shape index (κ1) is 14.1. The Morgan fingerprint density at radius 1 is 1.10 bits per heavy atom. The standard InChI is InChI=1S/C19H22O2/c1-18(2)10-13(11-19(3,4)12-18)15-9-17(20)21-16-8-6-5-7-14(15)16/h5-10H,11-12H2,1-4H3. The molecule has 0 amide bonds. The van der Waals surface area contributed by atoms with Crippen LogP contribution in [0.4, 0.5) is 0 Å². The Morgan fingerprint density at radius 3 is 2.52 bits per heavy atom. The summed E-state index contributed by atoms with van der Waals surface area (Å²) < 4.78 is 5.31. The Balaban J connectivity index is 2.25. The molecule has 0 bridgehead atoms. The summed E-state index contributed by atoms with van der Waals surface area (Å²) in [5, 5.41) is 1.02. The maximum Gasteiger partial charge on any atom is 0.336 e. The molecule has 110 valence electrons. The first-order chi connectivity index (χ1) is 9.76. The zero-order valence-corrected chi connectivity index (χ0v) is 13.2. The van der Waals surface area contributed by atoms with Crippen LogP contribution < -0.4 is 5.63 Å². The molecule has 2 heteroatoms. The summed E-state index contributed by atoms with van der Waals surface area (Å²) in [6.07, 6.45) is 4.48. The molecule has 0 saturated carbocycles. The first-order valence-electron chi connectivity index (χ1n) is 7.51. The maximum absolute atomic E-state index is 11.9. The summed E-state index contributed by atoms with van der Waals surface area (Å²) in [4.78, 5) is 11.9. The van der Waals surface area contributed by atoms with Crippen molar-refractivity contribution in [3.8, 4) is 0 Å². The average Bonchev–Trinajstić information content (AvgIpc) is 2.34. The molecule has 21 heavy (non-hydrogen) atoms. The molecule has 0 atom stereocenters. The third kappa shape index (κ3) is 2.80. The summed E-state index contributed by atoms with van der Waals surface area (Å²) in [5.41, 5.74) is 3.08. The van der Waals surface area contributed by atoms with Gasteiger partial charge in [0.1, 0.15) is 5.58 Å². The second kappa shape index (κ2) is 4.59. The van der Waals surface area contributed by atoms with E-state index in [0.717, 1.165) is 23.8 Å². The third-order valence-electron chi connectivity index (χ3n) is 4.16. The van der Waals surface area contributed by atoms with Crippen molar-refractivity contribution in [2.75, 3.05) is 0 Å². The smallest absolute Gasteiger partial charge is 0.336 e. The molecular formula is C19H22O2. The highest BCUT2D eigenvalue weighted by molar-refractivity contribution is 5.90. The zero-order valence-electron chi connectivity index (χ0n) is 13.2. The van der Waals surface area contributed by atoms with Crippen molar-refractivity contribution in [2.24, 2.45) is 10.8 Å². The van der Waals surface area contributed by atoms with Gasteiger partial charge in [0.25, 0.3) is 0 Å². The summed E-state index contributed by atoms with van der Waals surface area (Å²) >= 11 is 0. The average molecular weight is 282 g/mol. The Labute approximate surface area is 125 Å². The van der Waals surface area contributed by atoms with E-state index in [0.29, 0.717) is 5.58 Å². The topological polar surface area (TPSA) is 30.2 Å². The molecule has 0 radical (unpaired) electrons. The van der Waals surface area contributed by atoms with Crippen LogP contribution in [0.5, 0.6) is 0 Å². The Kier molecular flexibility index (Phi) is 3.09. The van der Waals surface area contributed by atoms with Crippen molar-refractivity contribution in [1.82, 2.24) is 0 Å². The maximum atomic E-state index is 11.9. The number of allylic oxidation sites excluding steroid dienone is 2. The number of benzene rings is 1. The van der Waals surface area contributed by atoms with Crippen molar-refractivity contribution in [3.05, 3.63) is 52.4 Å². The highest BCUT2D eigenvalue weighted by Crippen LogP contribution is 2.47. The molecule has 1 aliphatic carbocycles. The summed E-state index contributed by atoms with van der Waals surface area (Å²) in [6.45, 7) is 9.13. The van der Waals surface area contributed by atoms with Crippen LogP contribution in [0, 0.1) is 10.8 Å². The van der Waals surface area contributed by atoms with Crippen molar-refractivity contribution in [3.63, 3.8) is 0 Å². The van der Waals surface area contributed by atoms with E-state index in [-0.39, 0.29) is 16.5 Å². The quantitative estimate of drug-likeness (QED) is 0.687. The predicted octanol–water partition coefficient (Wildman–Crippen LogP) is 5.02. The highest BCUT2D eigenvalue weighted by Gasteiger charge is 2.34. The van der Waals surface area contributed by atoms with Crippen LogP contribution in [-0.2, 0) is 0 Å². The molecule has 1 aromatic heterocycles. The van der Waals surface area contributed by atoms with Gasteiger partial charge in [0.05, 0.1) is 0 Å². The Morgan fingerprint density at radius 2 is 1.81 bits per heavy atom. The van der Waals surface area contributed by atoms with Gasteiger partial charge in [-0.25, -0.2) is 4.79 Å². The molecule has 0 aliphatic heterocycles. The van der Waals surface area contributed by atoms with E-state index in [9.17, 15) is 4.79 Å². The van der Waals surface area contributed by atoms with Crippen LogP contribution in [0.3, 0.4) is 0 Å². The van der Waals surface area contributed by atoms with E-state index in [2.05, 4.69) is 33.8 Å². The SMILES string of the molecule is CC1(C)C=C(c2cc(=O)oc3ccccc23)CC(C)(C)C1. The second-order valence-corrected chi connectivity index (χ2v) is 7.65. The number of para-hydroxylation sites is 1. The Hall–Kier alpha value is -1.83. The molecule has 2 aromatic rings. The van der Waals surface area contributed by atoms with E-state index < -0.39 is 0 Å².